The number of benzene rings is 1. The summed E-state index contributed by atoms with van der Waals surface area (Å²) in [5.41, 5.74) is 3.99. The van der Waals surface area contributed by atoms with E-state index in [2.05, 4.69) is 15.4 Å². The summed E-state index contributed by atoms with van der Waals surface area (Å²) in [5, 5.41) is 0. The zero-order chi connectivity index (χ0) is 14.1. The molecule has 1 rings (SSSR count). The van der Waals surface area contributed by atoms with Crippen LogP contribution in [0.25, 0.3) is 0 Å². The molecule has 8 heteroatoms. The Labute approximate surface area is 112 Å². The Morgan fingerprint density at radius 2 is 2.00 bits per heavy atom. The third-order valence-corrected chi connectivity index (χ3v) is 2.49. The van der Waals surface area contributed by atoms with E-state index in [0.29, 0.717) is 5.69 Å². The number of nitrogens with zero attached hydrogens (tertiary/aromatic N) is 2. The average molecular weight is 284 g/mol. The molecule has 0 aliphatic heterocycles. The first-order valence-corrected chi connectivity index (χ1v) is 6.97. The van der Waals surface area contributed by atoms with Crippen LogP contribution >= 0.6 is 0 Å². The predicted octanol–water partition coefficient (Wildman–Crippen LogP) is 1.07. The standard InChI is InChI=1S/C11H16N4O3S/c1-12-9-13-8-2-3-10-4-6-11(7-5-10)14-15-19(16,17)18/h4-9,14-15H,2-3H2,1H3,(H,16,17,18). The van der Waals surface area contributed by atoms with Crippen molar-refractivity contribution in [2.24, 2.45) is 9.98 Å². The van der Waals surface area contributed by atoms with Crippen LogP contribution in [0.5, 0.6) is 0 Å². The van der Waals surface area contributed by atoms with Crippen molar-refractivity contribution in [2.75, 3.05) is 12.5 Å². The van der Waals surface area contributed by atoms with Gasteiger partial charge in [-0.3, -0.25) is 9.55 Å². The highest BCUT2D eigenvalue weighted by Gasteiger charge is 2.01. The van der Waals surface area contributed by atoms with Crippen molar-refractivity contribution in [1.82, 2.24) is 4.83 Å². The number of aryl methyl sites for hydroxylation is 1. The van der Waals surface area contributed by atoms with Gasteiger partial charge in [0.25, 0.3) is 0 Å². The van der Waals surface area contributed by atoms with Crippen molar-refractivity contribution in [1.29, 1.82) is 0 Å². The molecule has 1 aromatic rings. The maximum atomic E-state index is 10.5. The van der Waals surface area contributed by atoms with Gasteiger partial charge in [0.15, 0.2) is 0 Å². The molecule has 0 aliphatic carbocycles. The van der Waals surface area contributed by atoms with Gasteiger partial charge in [0, 0.05) is 18.9 Å². The minimum Gasteiger partial charge on any atom is -0.306 e. The van der Waals surface area contributed by atoms with Crippen LogP contribution in [0.3, 0.4) is 0 Å². The number of rotatable bonds is 7. The predicted molar refractivity (Wildman–Crippen MR) is 76.0 cm³/mol. The molecule has 0 aromatic heterocycles. The van der Waals surface area contributed by atoms with Gasteiger partial charge in [0.05, 0.1) is 0 Å². The van der Waals surface area contributed by atoms with Crippen LogP contribution in [0.15, 0.2) is 34.3 Å². The lowest BCUT2D eigenvalue weighted by Gasteiger charge is -2.06. The summed E-state index contributed by atoms with van der Waals surface area (Å²) in [4.78, 5) is 9.44. The molecular weight excluding hydrogens is 268 g/mol. The monoisotopic (exact) mass is 284 g/mol. The number of hydrazine groups is 1. The second-order valence-electron chi connectivity index (χ2n) is 3.64. The molecule has 0 bridgehead atoms. The fourth-order valence-electron chi connectivity index (χ4n) is 1.30. The van der Waals surface area contributed by atoms with Gasteiger partial charge in [0.2, 0.25) is 0 Å². The van der Waals surface area contributed by atoms with E-state index in [4.69, 9.17) is 4.55 Å². The van der Waals surface area contributed by atoms with Crippen LogP contribution in [0.4, 0.5) is 5.69 Å². The smallest absolute Gasteiger partial charge is 0.306 e. The van der Waals surface area contributed by atoms with Crippen LogP contribution in [0, 0.1) is 0 Å². The summed E-state index contributed by atoms with van der Waals surface area (Å²) in [7, 11) is -2.59. The Bertz CT molecular complexity index is 538. The molecule has 0 aliphatic rings. The van der Waals surface area contributed by atoms with Gasteiger partial charge in [-0.25, -0.2) is 4.99 Å². The summed E-state index contributed by atoms with van der Waals surface area (Å²) >= 11 is 0. The van der Waals surface area contributed by atoms with E-state index >= 15 is 0 Å². The quantitative estimate of drug-likeness (QED) is 0.301. The average Bonchev–Trinajstić information content (AvgIpc) is 2.37. The molecule has 0 unspecified atom stereocenters. The third-order valence-electron chi connectivity index (χ3n) is 2.13. The van der Waals surface area contributed by atoms with E-state index in [1.807, 2.05) is 12.1 Å². The fraction of sp³-hybridized carbons (Fsp3) is 0.273. The van der Waals surface area contributed by atoms with Gasteiger partial charge in [-0.2, -0.15) is 8.42 Å². The van der Waals surface area contributed by atoms with Crippen molar-refractivity contribution >= 4 is 28.5 Å². The van der Waals surface area contributed by atoms with Gasteiger partial charge >= 0.3 is 10.3 Å². The Hall–Kier alpha value is -1.77. The van der Waals surface area contributed by atoms with Crippen LogP contribution in [-0.2, 0) is 16.7 Å². The van der Waals surface area contributed by atoms with E-state index in [1.54, 1.807) is 30.2 Å². The van der Waals surface area contributed by atoms with Crippen molar-refractivity contribution in [3.63, 3.8) is 0 Å². The first-order valence-electron chi connectivity index (χ1n) is 5.53. The first-order chi connectivity index (χ1) is 9.01. The van der Waals surface area contributed by atoms with Gasteiger partial charge in [0.1, 0.15) is 6.34 Å². The molecular formula is C11H16N4O3S. The second kappa shape index (κ2) is 7.62. The van der Waals surface area contributed by atoms with Gasteiger partial charge in [-0.1, -0.05) is 12.1 Å². The number of hydrogen-bond donors (Lipinski definition) is 3. The molecule has 0 fully saturated rings. The number of aliphatic imine (C=N–C) groups is 2. The molecule has 1 aromatic carbocycles. The third kappa shape index (κ3) is 7.29. The Kier molecular flexibility index (Phi) is 6.13. The van der Waals surface area contributed by atoms with Crippen molar-refractivity contribution in [2.45, 2.75) is 12.8 Å². The molecule has 0 amide bonds. The second-order valence-corrected chi connectivity index (χ2v) is 4.80. The maximum Gasteiger partial charge on any atom is 0.350 e. The molecule has 0 spiro atoms. The zero-order valence-corrected chi connectivity index (χ0v) is 11.3. The molecule has 0 atom stereocenters. The van der Waals surface area contributed by atoms with Crippen molar-refractivity contribution < 1.29 is 13.0 Å². The molecule has 0 heterocycles. The van der Waals surface area contributed by atoms with E-state index in [1.165, 1.54) is 6.34 Å². The molecule has 3 N–H and O–H groups in total. The molecule has 0 radical (unpaired) electrons. The molecule has 7 nitrogen and oxygen atoms in total. The van der Waals surface area contributed by atoms with E-state index in [9.17, 15) is 8.42 Å². The maximum absolute atomic E-state index is 10.5. The molecule has 104 valence electrons. The highest BCUT2D eigenvalue weighted by molar-refractivity contribution is 7.83. The van der Waals surface area contributed by atoms with E-state index in [0.717, 1.165) is 18.4 Å². The molecule has 19 heavy (non-hydrogen) atoms. The highest BCUT2D eigenvalue weighted by atomic mass is 32.2. The van der Waals surface area contributed by atoms with E-state index < -0.39 is 10.3 Å². The molecule has 0 saturated carbocycles. The first kappa shape index (κ1) is 15.3. The number of anilines is 1. The van der Waals surface area contributed by atoms with E-state index in [-0.39, 0.29) is 0 Å². The highest BCUT2D eigenvalue weighted by Crippen LogP contribution is 2.09. The summed E-state index contributed by atoms with van der Waals surface area (Å²) in [6, 6.07) is 7.13. The van der Waals surface area contributed by atoms with Gasteiger partial charge in [-0.05, 0) is 30.5 Å². The topological polar surface area (TPSA) is 103 Å². The SMILES string of the molecule is CN=CN=CCCc1ccc(NNS(=O)(=O)O)cc1. The van der Waals surface area contributed by atoms with Crippen molar-refractivity contribution in [3.05, 3.63) is 29.8 Å². The zero-order valence-electron chi connectivity index (χ0n) is 10.4. The summed E-state index contributed by atoms with van der Waals surface area (Å²) < 4.78 is 29.4. The fourth-order valence-corrected chi connectivity index (χ4v) is 1.54. The number of hydrogen-bond acceptors (Lipinski definition) is 4. The normalized spacial score (nSPS) is 12.3. The minimum absolute atomic E-state index is 0.535. The lowest BCUT2D eigenvalue weighted by Crippen LogP contribution is -2.28. The lowest BCUT2D eigenvalue weighted by atomic mass is 10.1. The largest absolute Gasteiger partial charge is 0.350 e. The summed E-state index contributed by atoms with van der Waals surface area (Å²) in [5.74, 6) is 0. The van der Waals surface area contributed by atoms with Crippen LogP contribution in [-0.4, -0.2) is 32.6 Å². The molecule has 0 saturated heterocycles. The minimum atomic E-state index is -4.25. The number of nitrogens with one attached hydrogen (secondary N) is 2. The van der Waals surface area contributed by atoms with Crippen LogP contribution in [0.1, 0.15) is 12.0 Å². The summed E-state index contributed by atoms with van der Waals surface area (Å²) in [6.07, 6.45) is 4.88. The van der Waals surface area contributed by atoms with Crippen molar-refractivity contribution in [3.8, 4) is 0 Å². The Balaban J connectivity index is 2.43. The Morgan fingerprint density at radius 3 is 2.58 bits per heavy atom. The Morgan fingerprint density at radius 1 is 1.32 bits per heavy atom. The van der Waals surface area contributed by atoms with Gasteiger partial charge < -0.3 is 5.43 Å². The van der Waals surface area contributed by atoms with Gasteiger partial charge in [-0.15, -0.1) is 4.83 Å². The summed E-state index contributed by atoms with van der Waals surface area (Å²) in [6.45, 7) is 0. The van der Waals surface area contributed by atoms with Crippen LogP contribution in [0.2, 0.25) is 0 Å². The lowest BCUT2D eigenvalue weighted by molar-refractivity contribution is 0.473. The van der Waals surface area contributed by atoms with Crippen LogP contribution < -0.4 is 10.3 Å².